The molecule has 3 rings (SSSR count). The van der Waals surface area contributed by atoms with Crippen molar-refractivity contribution >= 4 is 45.7 Å². The first-order valence-electron chi connectivity index (χ1n) is 7.83. The summed E-state index contributed by atoms with van der Waals surface area (Å²) in [6.07, 6.45) is 2.09. The molecule has 0 aliphatic heterocycles. The molecule has 1 atom stereocenters. The molecule has 0 unspecified atom stereocenters. The highest BCUT2D eigenvalue weighted by Gasteiger charge is 2.17. The number of esters is 1. The first-order chi connectivity index (χ1) is 12.1. The Labute approximate surface area is 149 Å². The van der Waals surface area contributed by atoms with Crippen LogP contribution in [0.5, 0.6) is 0 Å². The van der Waals surface area contributed by atoms with Gasteiger partial charge in [-0.3, -0.25) is 4.79 Å². The summed E-state index contributed by atoms with van der Waals surface area (Å²) >= 11 is 1.54. The molecule has 1 heterocycles. The van der Waals surface area contributed by atoms with Gasteiger partial charge < -0.3 is 10.1 Å². The Bertz CT molecular complexity index is 910. The SMILES string of the molecule is C[C@@H](OC(=O)/C=C/c1ccsc1)C(=O)Nc1cccc2ccccc12. The Morgan fingerprint density at radius 2 is 1.92 bits per heavy atom. The zero-order valence-electron chi connectivity index (χ0n) is 13.6. The third kappa shape index (κ3) is 4.33. The van der Waals surface area contributed by atoms with E-state index in [1.165, 1.54) is 6.08 Å². The van der Waals surface area contributed by atoms with Crippen LogP contribution < -0.4 is 5.32 Å². The summed E-state index contributed by atoms with van der Waals surface area (Å²) in [5.41, 5.74) is 1.62. The average molecular weight is 351 g/mol. The number of carbonyl (C=O) groups excluding carboxylic acids is 2. The van der Waals surface area contributed by atoms with Gasteiger partial charge in [-0.1, -0.05) is 36.4 Å². The van der Waals surface area contributed by atoms with E-state index in [2.05, 4.69) is 5.32 Å². The molecule has 126 valence electrons. The molecule has 1 N–H and O–H groups in total. The Balaban J connectivity index is 1.63. The Morgan fingerprint density at radius 3 is 2.72 bits per heavy atom. The van der Waals surface area contributed by atoms with E-state index in [0.29, 0.717) is 5.69 Å². The van der Waals surface area contributed by atoms with Crippen LogP contribution in [0.25, 0.3) is 16.8 Å². The van der Waals surface area contributed by atoms with Crippen molar-refractivity contribution in [3.63, 3.8) is 0 Å². The van der Waals surface area contributed by atoms with Crippen molar-refractivity contribution in [2.24, 2.45) is 0 Å². The zero-order valence-corrected chi connectivity index (χ0v) is 14.5. The van der Waals surface area contributed by atoms with E-state index in [-0.39, 0.29) is 5.91 Å². The number of anilines is 1. The maximum Gasteiger partial charge on any atom is 0.331 e. The van der Waals surface area contributed by atoms with Crippen LogP contribution in [0, 0.1) is 0 Å². The third-order valence-electron chi connectivity index (χ3n) is 3.66. The second-order valence-electron chi connectivity index (χ2n) is 5.49. The van der Waals surface area contributed by atoms with Gasteiger partial charge in [0.05, 0.1) is 0 Å². The number of fused-ring (bicyclic) bond motifs is 1. The number of ether oxygens (including phenoxy) is 1. The van der Waals surface area contributed by atoms with Crippen LogP contribution in [0.1, 0.15) is 12.5 Å². The fourth-order valence-electron chi connectivity index (χ4n) is 2.37. The van der Waals surface area contributed by atoms with Crippen LogP contribution in [-0.2, 0) is 14.3 Å². The van der Waals surface area contributed by atoms with Crippen LogP contribution >= 0.6 is 11.3 Å². The molecule has 25 heavy (non-hydrogen) atoms. The number of nitrogens with one attached hydrogen (secondary N) is 1. The van der Waals surface area contributed by atoms with E-state index in [1.54, 1.807) is 24.3 Å². The molecule has 1 aromatic heterocycles. The first-order valence-corrected chi connectivity index (χ1v) is 8.77. The second kappa shape index (κ2) is 7.77. The lowest BCUT2D eigenvalue weighted by atomic mass is 10.1. The van der Waals surface area contributed by atoms with Gasteiger partial charge in [-0.2, -0.15) is 11.3 Å². The number of hydrogen-bond acceptors (Lipinski definition) is 4. The molecule has 2 aromatic carbocycles. The third-order valence-corrected chi connectivity index (χ3v) is 4.37. The van der Waals surface area contributed by atoms with Crippen molar-refractivity contribution < 1.29 is 14.3 Å². The van der Waals surface area contributed by atoms with Gasteiger partial charge in [0.2, 0.25) is 0 Å². The number of hydrogen-bond donors (Lipinski definition) is 1. The van der Waals surface area contributed by atoms with Crippen LogP contribution in [0.15, 0.2) is 65.4 Å². The molecular formula is C20H17NO3S. The molecule has 4 nitrogen and oxygen atoms in total. The molecule has 5 heteroatoms. The van der Waals surface area contributed by atoms with Crippen LogP contribution in [0.3, 0.4) is 0 Å². The molecule has 0 saturated carbocycles. The molecule has 0 spiro atoms. The summed E-state index contributed by atoms with van der Waals surface area (Å²) < 4.78 is 5.16. The zero-order chi connectivity index (χ0) is 17.6. The van der Waals surface area contributed by atoms with Gasteiger partial charge in [-0.05, 0) is 46.8 Å². The number of rotatable bonds is 5. The van der Waals surface area contributed by atoms with E-state index in [9.17, 15) is 9.59 Å². The predicted molar refractivity (Wildman–Crippen MR) is 101 cm³/mol. The van der Waals surface area contributed by atoms with E-state index in [4.69, 9.17) is 4.74 Å². The smallest absolute Gasteiger partial charge is 0.331 e. The van der Waals surface area contributed by atoms with Gasteiger partial charge in [-0.25, -0.2) is 4.79 Å². The van der Waals surface area contributed by atoms with E-state index in [0.717, 1.165) is 16.3 Å². The van der Waals surface area contributed by atoms with Crippen molar-refractivity contribution in [2.75, 3.05) is 5.32 Å². The molecule has 3 aromatic rings. The molecule has 1 amide bonds. The van der Waals surface area contributed by atoms with E-state index >= 15 is 0 Å². The topological polar surface area (TPSA) is 55.4 Å². The van der Waals surface area contributed by atoms with Crippen molar-refractivity contribution in [1.82, 2.24) is 0 Å². The van der Waals surface area contributed by atoms with Gasteiger partial charge in [0.15, 0.2) is 6.10 Å². The fourth-order valence-corrected chi connectivity index (χ4v) is 3.00. The summed E-state index contributed by atoms with van der Waals surface area (Å²) in [4.78, 5) is 24.1. The second-order valence-corrected chi connectivity index (χ2v) is 6.27. The predicted octanol–water partition coefficient (Wildman–Crippen LogP) is 4.48. The molecular weight excluding hydrogens is 334 g/mol. The molecule has 0 radical (unpaired) electrons. The minimum atomic E-state index is -0.890. The van der Waals surface area contributed by atoms with Crippen LogP contribution in [-0.4, -0.2) is 18.0 Å². The fraction of sp³-hybridized carbons (Fsp3) is 0.100. The molecule has 0 aliphatic rings. The van der Waals surface area contributed by atoms with Gasteiger partial charge in [0.1, 0.15) is 0 Å². The standard InChI is InChI=1S/C20H17NO3S/c1-14(24-19(22)10-9-15-11-12-25-13-15)20(23)21-18-8-4-6-16-5-2-3-7-17(16)18/h2-14H,1H3,(H,21,23)/b10-9+/t14-/m1/s1. The van der Waals surface area contributed by atoms with Gasteiger partial charge in [-0.15, -0.1) is 0 Å². The summed E-state index contributed by atoms with van der Waals surface area (Å²) in [5.74, 6) is -0.916. The lowest BCUT2D eigenvalue weighted by Gasteiger charge is -2.13. The Kier molecular flexibility index (Phi) is 5.26. The lowest BCUT2D eigenvalue weighted by molar-refractivity contribution is -0.148. The lowest BCUT2D eigenvalue weighted by Crippen LogP contribution is -2.29. The maximum atomic E-state index is 12.3. The van der Waals surface area contributed by atoms with Crippen molar-refractivity contribution in [1.29, 1.82) is 0 Å². The van der Waals surface area contributed by atoms with E-state index < -0.39 is 12.1 Å². The number of benzene rings is 2. The summed E-state index contributed by atoms with van der Waals surface area (Å²) in [5, 5.41) is 8.63. The monoisotopic (exact) mass is 351 g/mol. The summed E-state index contributed by atoms with van der Waals surface area (Å²) in [6.45, 7) is 1.55. The highest BCUT2D eigenvalue weighted by atomic mass is 32.1. The van der Waals surface area contributed by atoms with Gasteiger partial charge >= 0.3 is 5.97 Å². The molecule has 0 bridgehead atoms. The number of carbonyl (C=O) groups is 2. The highest BCUT2D eigenvalue weighted by molar-refractivity contribution is 7.08. The Morgan fingerprint density at radius 1 is 1.12 bits per heavy atom. The quantitative estimate of drug-likeness (QED) is 0.544. The van der Waals surface area contributed by atoms with Crippen molar-refractivity contribution in [2.45, 2.75) is 13.0 Å². The highest BCUT2D eigenvalue weighted by Crippen LogP contribution is 2.23. The number of thiophene rings is 1. The van der Waals surface area contributed by atoms with Gasteiger partial charge in [0, 0.05) is 17.1 Å². The normalized spacial score (nSPS) is 12.2. The number of amides is 1. The summed E-state index contributed by atoms with van der Waals surface area (Å²) in [7, 11) is 0. The summed E-state index contributed by atoms with van der Waals surface area (Å²) in [6, 6.07) is 15.3. The molecule has 0 aliphatic carbocycles. The molecule has 0 fully saturated rings. The first kappa shape index (κ1) is 16.9. The van der Waals surface area contributed by atoms with Crippen molar-refractivity contribution in [3.8, 4) is 0 Å². The van der Waals surface area contributed by atoms with Crippen molar-refractivity contribution in [3.05, 3.63) is 70.9 Å². The molecule has 0 saturated heterocycles. The van der Waals surface area contributed by atoms with Gasteiger partial charge in [0.25, 0.3) is 5.91 Å². The minimum absolute atomic E-state index is 0.367. The maximum absolute atomic E-state index is 12.3. The Hall–Kier alpha value is -2.92. The minimum Gasteiger partial charge on any atom is -0.449 e. The van der Waals surface area contributed by atoms with Crippen LogP contribution in [0.2, 0.25) is 0 Å². The largest absolute Gasteiger partial charge is 0.449 e. The van der Waals surface area contributed by atoms with Crippen LogP contribution in [0.4, 0.5) is 5.69 Å². The average Bonchev–Trinajstić information content (AvgIpc) is 3.14. The van der Waals surface area contributed by atoms with E-state index in [1.807, 2.05) is 59.3 Å².